The number of rotatable bonds is 6. The van der Waals surface area contributed by atoms with E-state index in [2.05, 4.69) is 76.6 Å². The van der Waals surface area contributed by atoms with Crippen molar-refractivity contribution in [1.82, 2.24) is 20.2 Å². The van der Waals surface area contributed by atoms with Crippen LogP contribution in [0.1, 0.15) is 52.0 Å². The quantitative estimate of drug-likeness (QED) is 0.304. The van der Waals surface area contributed by atoms with Crippen molar-refractivity contribution in [2.24, 2.45) is 16.9 Å². The Kier molecular flexibility index (Phi) is 5.93. The number of aromatic nitrogens is 4. The molecule has 6 heteroatoms. The van der Waals surface area contributed by atoms with Crippen molar-refractivity contribution in [3.8, 4) is 0 Å². The van der Waals surface area contributed by atoms with E-state index in [0.29, 0.717) is 17.8 Å². The Hall–Kier alpha value is -3.02. The molecule has 0 saturated carbocycles. The van der Waals surface area contributed by atoms with Crippen LogP contribution in [0.3, 0.4) is 0 Å². The lowest BCUT2D eigenvalue weighted by Gasteiger charge is -2.25. The molecule has 2 unspecified atom stereocenters. The first-order valence-corrected chi connectivity index (χ1v) is 10.7. The third kappa shape index (κ3) is 4.42. The molecule has 2 heterocycles. The number of aromatic amines is 1. The summed E-state index contributed by atoms with van der Waals surface area (Å²) in [6.07, 6.45) is 11.2. The third-order valence-electron chi connectivity index (χ3n) is 5.90. The number of hydrogen-bond donors (Lipinski definition) is 2. The van der Waals surface area contributed by atoms with Crippen LogP contribution in [0.25, 0.3) is 22.1 Å². The van der Waals surface area contributed by atoms with Crippen LogP contribution >= 0.6 is 0 Å². The lowest BCUT2D eigenvalue weighted by Crippen LogP contribution is -2.18. The van der Waals surface area contributed by atoms with Gasteiger partial charge in [0.25, 0.3) is 5.95 Å². The summed E-state index contributed by atoms with van der Waals surface area (Å²) in [5, 5.41) is 14.0. The lowest BCUT2D eigenvalue weighted by atomic mass is 9.80. The largest absolute Gasteiger partial charge is 0.337 e. The van der Waals surface area contributed by atoms with Crippen molar-refractivity contribution in [3.05, 3.63) is 47.1 Å². The highest BCUT2D eigenvalue weighted by molar-refractivity contribution is 6.04. The van der Waals surface area contributed by atoms with Gasteiger partial charge in [-0.3, -0.25) is 0 Å². The average molecular weight is 403 g/mol. The van der Waals surface area contributed by atoms with Gasteiger partial charge < -0.3 is 4.98 Å². The minimum atomic E-state index is 0.407. The average Bonchev–Trinajstić information content (AvgIpc) is 3.09. The highest BCUT2D eigenvalue weighted by atomic mass is 15.4. The molecule has 6 nitrogen and oxygen atoms in total. The monoisotopic (exact) mass is 402 g/mol. The zero-order valence-electron chi connectivity index (χ0n) is 18.2. The van der Waals surface area contributed by atoms with Gasteiger partial charge in [-0.1, -0.05) is 48.4 Å². The Morgan fingerprint density at radius 1 is 1.30 bits per heavy atom. The number of nitrogens with zero attached hydrogens (tertiary/aromatic N) is 4. The van der Waals surface area contributed by atoms with Gasteiger partial charge in [-0.25, -0.2) is 5.43 Å². The number of hydrogen-bond acceptors (Lipinski definition) is 5. The fraction of sp³-hybridized carbons (Fsp3) is 0.417. The summed E-state index contributed by atoms with van der Waals surface area (Å²) >= 11 is 0. The first kappa shape index (κ1) is 20.3. The molecule has 0 spiro atoms. The highest BCUT2D eigenvalue weighted by Gasteiger charge is 2.20. The predicted molar refractivity (Wildman–Crippen MR) is 125 cm³/mol. The van der Waals surface area contributed by atoms with Crippen LogP contribution < -0.4 is 5.43 Å². The second-order valence-corrected chi connectivity index (χ2v) is 8.61. The van der Waals surface area contributed by atoms with E-state index in [-0.39, 0.29) is 0 Å². The molecule has 2 atom stereocenters. The lowest BCUT2D eigenvalue weighted by molar-refractivity contribution is 0.431. The van der Waals surface area contributed by atoms with E-state index in [1.807, 2.05) is 18.3 Å². The van der Waals surface area contributed by atoms with Crippen LogP contribution in [0.2, 0.25) is 0 Å². The number of benzene rings is 1. The van der Waals surface area contributed by atoms with Crippen LogP contribution in [0.5, 0.6) is 0 Å². The summed E-state index contributed by atoms with van der Waals surface area (Å²) in [6.45, 7) is 8.70. The number of hydrazone groups is 1. The van der Waals surface area contributed by atoms with Gasteiger partial charge in [-0.05, 0) is 57.9 Å². The number of allylic oxidation sites excluding steroid dienone is 4. The maximum Gasteiger partial charge on any atom is 0.265 e. The normalized spacial score (nSPS) is 19.4. The summed E-state index contributed by atoms with van der Waals surface area (Å²) in [5.74, 6) is 1.42. The van der Waals surface area contributed by atoms with Crippen molar-refractivity contribution < 1.29 is 0 Å². The summed E-state index contributed by atoms with van der Waals surface area (Å²) in [6, 6.07) is 6.13. The van der Waals surface area contributed by atoms with Gasteiger partial charge in [0.15, 0.2) is 5.65 Å². The van der Waals surface area contributed by atoms with Crippen LogP contribution in [-0.4, -0.2) is 26.4 Å². The molecule has 30 heavy (non-hydrogen) atoms. The zero-order valence-corrected chi connectivity index (χ0v) is 18.2. The van der Waals surface area contributed by atoms with Gasteiger partial charge in [-0.15, -0.1) is 10.2 Å². The minimum absolute atomic E-state index is 0.407. The third-order valence-corrected chi connectivity index (χ3v) is 5.90. The Morgan fingerprint density at radius 3 is 2.97 bits per heavy atom. The molecule has 1 aromatic carbocycles. The van der Waals surface area contributed by atoms with Crippen LogP contribution in [0.4, 0.5) is 5.95 Å². The smallest absolute Gasteiger partial charge is 0.265 e. The Labute approximate surface area is 177 Å². The first-order valence-electron chi connectivity index (χ1n) is 10.7. The SMILES string of the molecule is CC(C)=CCCC1=CCC(/C=N\Nc2nnc3c(n2)[nH]c2c(C)cccc23)C(C)C1. The summed E-state index contributed by atoms with van der Waals surface area (Å²) < 4.78 is 0. The molecule has 156 valence electrons. The molecule has 0 amide bonds. The molecule has 0 aliphatic heterocycles. The molecule has 3 aromatic rings. The van der Waals surface area contributed by atoms with E-state index in [1.54, 1.807) is 5.57 Å². The number of nitrogens with one attached hydrogen (secondary N) is 2. The van der Waals surface area contributed by atoms with E-state index in [9.17, 15) is 0 Å². The standard InChI is InChI=1S/C24H30N6/c1-15(2)7-5-9-18-11-12-19(17(4)13-18)14-25-29-24-27-23-22(28-30-24)20-10-6-8-16(3)21(20)26-23/h6-8,10-11,14,17,19H,5,9,12-13H2,1-4H3,(H2,26,27,29,30)/b25-14-. The second-order valence-electron chi connectivity index (χ2n) is 8.61. The fourth-order valence-corrected chi connectivity index (χ4v) is 4.12. The molecule has 0 radical (unpaired) electrons. The highest BCUT2D eigenvalue weighted by Crippen LogP contribution is 2.30. The molecule has 1 aliphatic rings. The Bertz CT molecular complexity index is 1130. The second kappa shape index (κ2) is 8.78. The fourth-order valence-electron chi connectivity index (χ4n) is 4.12. The first-order chi connectivity index (χ1) is 14.5. The van der Waals surface area contributed by atoms with Gasteiger partial charge in [0.2, 0.25) is 0 Å². The number of H-pyrrole nitrogens is 1. The maximum absolute atomic E-state index is 4.54. The van der Waals surface area contributed by atoms with Crippen LogP contribution in [0.15, 0.2) is 46.6 Å². The number of fused-ring (bicyclic) bond motifs is 3. The molecule has 0 bridgehead atoms. The summed E-state index contributed by atoms with van der Waals surface area (Å²) in [4.78, 5) is 7.89. The van der Waals surface area contributed by atoms with Gasteiger partial charge in [0.1, 0.15) is 5.52 Å². The van der Waals surface area contributed by atoms with E-state index in [1.165, 1.54) is 17.6 Å². The van der Waals surface area contributed by atoms with Crippen LogP contribution in [-0.2, 0) is 0 Å². The van der Waals surface area contributed by atoms with Gasteiger partial charge in [-0.2, -0.15) is 10.1 Å². The van der Waals surface area contributed by atoms with Crippen molar-refractivity contribution in [3.63, 3.8) is 0 Å². The summed E-state index contributed by atoms with van der Waals surface area (Å²) in [7, 11) is 0. The Morgan fingerprint density at radius 2 is 2.17 bits per heavy atom. The number of aryl methyl sites for hydroxylation is 1. The van der Waals surface area contributed by atoms with Gasteiger partial charge in [0.05, 0.1) is 5.52 Å². The molecular weight excluding hydrogens is 372 g/mol. The van der Waals surface area contributed by atoms with E-state index < -0.39 is 0 Å². The molecule has 2 aromatic heterocycles. The topological polar surface area (TPSA) is 78.8 Å². The van der Waals surface area contributed by atoms with E-state index in [4.69, 9.17) is 0 Å². The number of anilines is 1. The van der Waals surface area contributed by atoms with Crippen LogP contribution in [0, 0.1) is 18.8 Å². The van der Waals surface area contributed by atoms with E-state index >= 15 is 0 Å². The maximum atomic E-state index is 4.54. The molecule has 0 fully saturated rings. The number of para-hydroxylation sites is 1. The van der Waals surface area contributed by atoms with E-state index in [0.717, 1.165) is 41.3 Å². The Balaban J connectivity index is 1.40. The minimum Gasteiger partial charge on any atom is -0.337 e. The molecule has 4 rings (SSSR count). The predicted octanol–water partition coefficient (Wildman–Crippen LogP) is 5.93. The van der Waals surface area contributed by atoms with Gasteiger partial charge in [0, 0.05) is 17.5 Å². The van der Waals surface area contributed by atoms with Crippen molar-refractivity contribution in [2.45, 2.75) is 53.4 Å². The zero-order chi connectivity index (χ0) is 21.1. The molecule has 0 saturated heterocycles. The molecule has 2 N–H and O–H groups in total. The van der Waals surface area contributed by atoms with Crippen molar-refractivity contribution in [1.29, 1.82) is 0 Å². The van der Waals surface area contributed by atoms with Crippen molar-refractivity contribution >= 4 is 34.2 Å². The van der Waals surface area contributed by atoms with Gasteiger partial charge >= 0.3 is 0 Å². The molecular formula is C24H30N6. The summed E-state index contributed by atoms with van der Waals surface area (Å²) in [5.41, 5.74) is 9.66. The molecule has 1 aliphatic carbocycles. The van der Waals surface area contributed by atoms with Crippen molar-refractivity contribution in [2.75, 3.05) is 5.43 Å².